The van der Waals surface area contributed by atoms with Crippen molar-refractivity contribution in [2.75, 3.05) is 5.73 Å². The Balaban J connectivity index is 1.68. The van der Waals surface area contributed by atoms with Crippen LogP contribution in [-0.2, 0) is 10.7 Å². The molecule has 2 heterocycles. The summed E-state index contributed by atoms with van der Waals surface area (Å²) in [6, 6.07) is 16.5. The molecule has 4 aromatic rings. The summed E-state index contributed by atoms with van der Waals surface area (Å²) in [5.41, 5.74) is 9.08. The Kier molecular flexibility index (Phi) is 5.05. The Bertz CT molecular complexity index is 1210. The third kappa shape index (κ3) is 3.85. The van der Waals surface area contributed by atoms with Crippen LogP contribution in [0.25, 0.3) is 34.3 Å². The van der Waals surface area contributed by atoms with E-state index in [0.29, 0.717) is 17.1 Å². The first-order chi connectivity index (χ1) is 14.0. The minimum absolute atomic E-state index is 0.171. The number of thiol groups is 1. The Morgan fingerprint density at radius 3 is 2.31 bits per heavy atom. The first-order valence-electron chi connectivity index (χ1n) is 8.78. The fraction of sp³-hybridized carbons (Fsp3) is 0.100. The molecule has 0 saturated carbocycles. The third-order valence-electron chi connectivity index (χ3n) is 4.45. The number of benzene rings is 2. The Morgan fingerprint density at radius 2 is 1.62 bits per heavy atom. The van der Waals surface area contributed by atoms with Gasteiger partial charge in [0, 0.05) is 11.1 Å². The van der Waals surface area contributed by atoms with Gasteiger partial charge in [0.05, 0.1) is 17.1 Å². The maximum atomic E-state index is 11.2. The molecule has 0 saturated heterocycles. The van der Waals surface area contributed by atoms with Gasteiger partial charge in [-0.25, -0.2) is 18.4 Å². The fourth-order valence-electron chi connectivity index (χ4n) is 2.77. The van der Waals surface area contributed by atoms with Gasteiger partial charge in [-0.15, -0.1) is 10.2 Å². The first kappa shape index (κ1) is 18.8. The highest BCUT2D eigenvalue weighted by Gasteiger charge is 2.17. The largest absolute Gasteiger partial charge is 0.414 e. The van der Waals surface area contributed by atoms with Gasteiger partial charge < -0.3 is 10.2 Å². The van der Waals surface area contributed by atoms with Crippen LogP contribution in [0.15, 0.2) is 65.2 Å². The Labute approximate surface area is 168 Å². The summed E-state index contributed by atoms with van der Waals surface area (Å²) < 4.78 is 28.1. The second kappa shape index (κ2) is 7.80. The van der Waals surface area contributed by atoms with Crippen LogP contribution in [0.4, 0.5) is 5.82 Å². The molecule has 0 aliphatic carbocycles. The second-order valence-electron chi connectivity index (χ2n) is 6.35. The summed E-state index contributed by atoms with van der Waals surface area (Å²) in [6.45, 7) is 1.64. The van der Waals surface area contributed by atoms with Crippen LogP contribution < -0.4 is 5.73 Å². The van der Waals surface area contributed by atoms with Gasteiger partial charge in [-0.1, -0.05) is 42.5 Å². The molecule has 1 atom stereocenters. The lowest BCUT2D eigenvalue weighted by Crippen LogP contribution is -1.99. The summed E-state index contributed by atoms with van der Waals surface area (Å²) in [7, 11) is -2.53. The molecule has 0 bridgehead atoms. The molecule has 4 rings (SSSR count). The number of rotatable bonds is 5. The standard InChI is InChI=1S/C20H17N5O3S/c1-12(29(26)27)13-7-9-14(10-8-13)16-11-22-18(21)17(23-16)20-25-24-19(28-20)15-5-3-2-4-6-15/h2-12,29H,1H3,(H2,21,22). The highest BCUT2D eigenvalue weighted by Crippen LogP contribution is 2.28. The van der Waals surface area contributed by atoms with Gasteiger partial charge in [0.2, 0.25) is 5.89 Å². The number of hydrogen-bond donors (Lipinski definition) is 2. The van der Waals surface area contributed by atoms with E-state index in [1.54, 1.807) is 37.4 Å². The zero-order valence-corrected chi connectivity index (χ0v) is 16.3. The van der Waals surface area contributed by atoms with Crippen LogP contribution in [0.5, 0.6) is 0 Å². The molecule has 9 heteroatoms. The number of nitrogen functional groups attached to an aromatic ring is 1. The van der Waals surface area contributed by atoms with Crippen LogP contribution in [0.1, 0.15) is 17.7 Å². The Morgan fingerprint density at radius 1 is 0.931 bits per heavy atom. The molecule has 0 aliphatic rings. The lowest BCUT2D eigenvalue weighted by Gasteiger charge is -2.07. The summed E-state index contributed by atoms with van der Waals surface area (Å²) in [6.07, 6.45) is 1.54. The van der Waals surface area contributed by atoms with Gasteiger partial charge in [0.15, 0.2) is 11.5 Å². The van der Waals surface area contributed by atoms with Crippen molar-refractivity contribution in [1.82, 2.24) is 20.2 Å². The van der Waals surface area contributed by atoms with E-state index >= 15 is 0 Å². The van der Waals surface area contributed by atoms with Crippen LogP contribution in [0, 0.1) is 0 Å². The predicted molar refractivity (Wildman–Crippen MR) is 109 cm³/mol. The van der Waals surface area contributed by atoms with Gasteiger partial charge in [-0.05, 0) is 24.6 Å². The zero-order valence-electron chi connectivity index (χ0n) is 15.4. The molecule has 146 valence electrons. The van der Waals surface area contributed by atoms with Gasteiger partial charge >= 0.3 is 0 Å². The lowest BCUT2D eigenvalue weighted by molar-refractivity contribution is 0.582. The number of nitrogens with zero attached hydrogens (tertiary/aromatic N) is 4. The third-order valence-corrected chi connectivity index (χ3v) is 5.38. The molecule has 2 N–H and O–H groups in total. The summed E-state index contributed by atoms with van der Waals surface area (Å²) in [5, 5.41) is 7.55. The van der Waals surface area contributed by atoms with E-state index < -0.39 is 16.0 Å². The molecule has 0 amide bonds. The van der Waals surface area contributed by atoms with Crippen molar-refractivity contribution < 1.29 is 12.8 Å². The number of anilines is 1. The molecule has 1 unspecified atom stereocenters. The van der Waals surface area contributed by atoms with Crippen molar-refractivity contribution in [2.24, 2.45) is 0 Å². The SMILES string of the molecule is CC(c1ccc(-c2cnc(N)c(-c3nnc(-c4ccccc4)o3)n2)cc1)[SH](=O)=O. The summed E-state index contributed by atoms with van der Waals surface area (Å²) in [4.78, 5) is 8.72. The Hall–Kier alpha value is -3.59. The lowest BCUT2D eigenvalue weighted by atomic mass is 10.1. The quantitative estimate of drug-likeness (QED) is 0.484. The van der Waals surface area contributed by atoms with E-state index in [4.69, 9.17) is 10.2 Å². The zero-order chi connectivity index (χ0) is 20.4. The van der Waals surface area contributed by atoms with Crippen molar-refractivity contribution in [3.63, 3.8) is 0 Å². The van der Waals surface area contributed by atoms with E-state index in [0.717, 1.165) is 11.1 Å². The molecule has 2 aromatic carbocycles. The summed E-state index contributed by atoms with van der Waals surface area (Å²) in [5.74, 6) is 0.701. The van der Waals surface area contributed by atoms with Gasteiger partial charge in [-0.3, -0.25) is 0 Å². The van der Waals surface area contributed by atoms with Crippen LogP contribution in [0.2, 0.25) is 0 Å². The second-order valence-corrected chi connectivity index (χ2v) is 7.70. The average molecular weight is 407 g/mol. The van der Waals surface area contributed by atoms with E-state index in [1.807, 2.05) is 30.3 Å². The van der Waals surface area contributed by atoms with Crippen LogP contribution in [-0.4, -0.2) is 28.6 Å². The molecule has 0 fully saturated rings. The van der Waals surface area contributed by atoms with Crippen molar-refractivity contribution in [2.45, 2.75) is 12.2 Å². The van der Waals surface area contributed by atoms with Crippen LogP contribution in [0.3, 0.4) is 0 Å². The fourth-order valence-corrected chi connectivity index (χ4v) is 3.18. The highest BCUT2D eigenvalue weighted by molar-refractivity contribution is 7.72. The molecular weight excluding hydrogens is 390 g/mol. The van der Waals surface area contributed by atoms with E-state index in [-0.39, 0.29) is 17.4 Å². The smallest absolute Gasteiger partial charge is 0.270 e. The topological polar surface area (TPSA) is 125 Å². The molecule has 0 radical (unpaired) electrons. The van der Waals surface area contributed by atoms with Gasteiger partial charge in [0.1, 0.15) is 10.7 Å². The number of hydrogen-bond acceptors (Lipinski definition) is 8. The predicted octanol–water partition coefficient (Wildman–Crippen LogP) is 3.12. The maximum absolute atomic E-state index is 11.2. The summed E-state index contributed by atoms with van der Waals surface area (Å²) >= 11 is 0. The van der Waals surface area contributed by atoms with Crippen molar-refractivity contribution in [3.8, 4) is 34.3 Å². The van der Waals surface area contributed by atoms with E-state index in [1.165, 1.54) is 0 Å². The molecule has 2 aromatic heterocycles. The van der Waals surface area contributed by atoms with E-state index in [2.05, 4.69) is 20.2 Å². The first-order valence-corrected chi connectivity index (χ1v) is 10.0. The number of nitrogens with two attached hydrogens (primary N) is 1. The molecular formula is C20H17N5O3S. The minimum atomic E-state index is -2.53. The van der Waals surface area contributed by atoms with Gasteiger partial charge in [-0.2, -0.15) is 0 Å². The highest BCUT2D eigenvalue weighted by atomic mass is 32.2. The number of aromatic nitrogens is 4. The average Bonchev–Trinajstić information content (AvgIpc) is 3.24. The molecule has 0 aliphatic heterocycles. The van der Waals surface area contributed by atoms with E-state index in [9.17, 15) is 8.42 Å². The van der Waals surface area contributed by atoms with Gasteiger partial charge in [0.25, 0.3) is 5.89 Å². The van der Waals surface area contributed by atoms with Crippen molar-refractivity contribution in [1.29, 1.82) is 0 Å². The maximum Gasteiger partial charge on any atom is 0.270 e. The molecule has 8 nitrogen and oxygen atoms in total. The minimum Gasteiger partial charge on any atom is -0.414 e. The monoisotopic (exact) mass is 407 g/mol. The van der Waals surface area contributed by atoms with Crippen molar-refractivity contribution >= 4 is 16.5 Å². The molecule has 29 heavy (non-hydrogen) atoms. The molecule has 0 spiro atoms. The normalized spacial score (nSPS) is 12.2. The van der Waals surface area contributed by atoms with Crippen molar-refractivity contribution in [3.05, 3.63) is 66.4 Å². The van der Waals surface area contributed by atoms with Crippen LogP contribution >= 0.6 is 0 Å².